The van der Waals surface area contributed by atoms with E-state index in [1.807, 2.05) is 0 Å². The first-order valence-corrected chi connectivity index (χ1v) is 7.73. The molecule has 0 atom stereocenters. The number of carbonyl (C=O) groups is 2. The third-order valence-electron chi connectivity index (χ3n) is 4.85. The molecular weight excluding hydrogens is 256 g/mol. The number of nitrogens with zero attached hydrogens (tertiary/aromatic N) is 1. The maximum atomic E-state index is 12.2. The van der Waals surface area contributed by atoms with Crippen LogP contribution < -0.4 is 5.32 Å². The summed E-state index contributed by atoms with van der Waals surface area (Å²) in [4.78, 5) is 26.0. The van der Waals surface area contributed by atoms with Gasteiger partial charge in [0.05, 0.1) is 5.41 Å². The molecule has 1 saturated carbocycles. The first-order valence-electron chi connectivity index (χ1n) is 7.73. The zero-order valence-electron chi connectivity index (χ0n) is 12.4. The zero-order valence-corrected chi connectivity index (χ0v) is 12.4. The van der Waals surface area contributed by atoms with Crippen LogP contribution >= 0.6 is 0 Å². The Morgan fingerprint density at radius 2 is 1.80 bits per heavy atom. The van der Waals surface area contributed by atoms with E-state index in [-0.39, 0.29) is 18.4 Å². The molecule has 1 amide bonds. The molecule has 5 heteroatoms. The number of rotatable bonds is 4. The molecule has 1 saturated heterocycles. The molecule has 0 aromatic rings. The Morgan fingerprint density at radius 3 is 2.35 bits per heavy atom. The summed E-state index contributed by atoms with van der Waals surface area (Å²) in [5.74, 6) is -0.875. The highest BCUT2D eigenvalue weighted by molar-refractivity contribution is 5.85. The quantitative estimate of drug-likeness (QED) is 0.822. The number of aliphatic carboxylic acids is 1. The minimum Gasteiger partial charge on any atom is -0.481 e. The van der Waals surface area contributed by atoms with Gasteiger partial charge in [-0.05, 0) is 45.8 Å². The van der Waals surface area contributed by atoms with Crippen LogP contribution in [0.5, 0.6) is 0 Å². The fraction of sp³-hybridized carbons (Fsp3) is 0.867. The molecule has 114 valence electrons. The predicted octanol–water partition coefficient (Wildman–Crippen LogP) is 1.62. The minimum absolute atomic E-state index is 0.0798. The summed E-state index contributed by atoms with van der Waals surface area (Å²) in [6, 6.07) is 0.216. The van der Waals surface area contributed by atoms with Crippen LogP contribution in [0.4, 0.5) is 0 Å². The summed E-state index contributed by atoms with van der Waals surface area (Å²) in [6.07, 6.45) is 6.29. The highest BCUT2D eigenvalue weighted by Crippen LogP contribution is 2.39. The van der Waals surface area contributed by atoms with Crippen molar-refractivity contribution in [3.63, 3.8) is 0 Å². The molecule has 1 aliphatic heterocycles. The zero-order chi connectivity index (χ0) is 14.6. The Hall–Kier alpha value is -1.10. The summed E-state index contributed by atoms with van der Waals surface area (Å²) >= 11 is 0. The van der Waals surface area contributed by atoms with E-state index in [0.29, 0.717) is 12.8 Å². The lowest BCUT2D eigenvalue weighted by molar-refractivity contribution is -0.154. The molecular formula is C15H26N2O3. The Balaban J connectivity index is 1.87. The van der Waals surface area contributed by atoms with Crippen LogP contribution in [0.2, 0.25) is 0 Å². The number of amides is 1. The second-order valence-corrected chi connectivity index (χ2v) is 6.47. The maximum Gasteiger partial charge on any atom is 0.310 e. The van der Waals surface area contributed by atoms with Crippen molar-refractivity contribution >= 4 is 11.9 Å². The highest BCUT2D eigenvalue weighted by atomic mass is 16.4. The van der Waals surface area contributed by atoms with Crippen molar-refractivity contribution in [2.24, 2.45) is 5.41 Å². The SMILES string of the molecule is CN1CCC(NC(=O)CC2(C(=O)O)CCCCC2)CC1. The van der Waals surface area contributed by atoms with Crippen LogP contribution in [-0.4, -0.2) is 48.1 Å². The van der Waals surface area contributed by atoms with Gasteiger partial charge in [-0.1, -0.05) is 19.3 Å². The molecule has 0 aromatic carbocycles. The van der Waals surface area contributed by atoms with Crippen molar-refractivity contribution < 1.29 is 14.7 Å². The molecule has 1 aliphatic carbocycles. The van der Waals surface area contributed by atoms with Crippen LogP contribution in [0.25, 0.3) is 0 Å². The fourth-order valence-electron chi connectivity index (χ4n) is 3.43. The molecule has 0 unspecified atom stereocenters. The maximum absolute atomic E-state index is 12.2. The first-order chi connectivity index (χ1) is 9.52. The third kappa shape index (κ3) is 3.72. The molecule has 0 bridgehead atoms. The van der Waals surface area contributed by atoms with Crippen LogP contribution in [0.3, 0.4) is 0 Å². The lowest BCUT2D eigenvalue weighted by Crippen LogP contribution is -2.46. The van der Waals surface area contributed by atoms with Gasteiger partial charge in [0.2, 0.25) is 5.91 Å². The van der Waals surface area contributed by atoms with Gasteiger partial charge >= 0.3 is 5.97 Å². The molecule has 0 aromatic heterocycles. The van der Waals surface area contributed by atoms with Crippen molar-refractivity contribution in [1.29, 1.82) is 0 Å². The van der Waals surface area contributed by atoms with Gasteiger partial charge in [0.15, 0.2) is 0 Å². The average Bonchev–Trinajstić information content (AvgIpc) is 2.42. The number of carboxylic acid groups (broad SMARTS) is 1. The topological polar surface area (TPSA) is 69.6 Å². The second-order valence-electron chi connectivity index (χ2n) is 6.47. The highest BCUT2D eigenvalue weighted by Gasteiger charge is 2.41. The molecule has 2 aliphatic rings. The summed E-state index contributed by atoms with van der Waals surface area (Å²) < 4.78 is 0. The number of hydrogen-bond acceptors (Lipinski definition) is 3. The van der Waals surface area contributed by atoms with Crippen molar-refractivity contribution in [2.45, 2.75) is 57.4 Å². The van der Waals surface area contributed by atoms with Crippen molar-refractivity contribution in [2.75, 3.05) is 20.1 Å². The largest absolute Gasteiger partial charge is 0.481 e. The number of likely N-dealkylation sites (tertiary alicyclic amines) is 1. The van der Waals surface area contributed by atoms with Crippen LogP contribution in [0.1, 0.15) is 51.4 Å². The van der Waals surface area contributed by atoms with E-state index in [1.165, 1.54) is 0 Å². The van der Waals surface area contributed by atoms with E-state index in [0.717, 1.165) is 45.2 Å². The molecule has 2 N–H and O–H groups in total. The lowest BCUT2D eigenvalue weighted by Gasteiger charge is -2.34. The van der Waals surface area contributed by atoms with Gasteiger partial charge in [0, 0.05) is 12.5 Å². The van der Waals surface area contributed by atoms with E-state index in [9.17, 15) is 14.7 Å². The molecule has 2 fully saturated rings. The van der Waals surface area contributed by atoms with Gasteiger partial charge in [-0.25, -0.2) is 0 Å². The molecule has 0 radical (unpaired) electrons. The van der Waals surface area contributed by atoms with Crippen LogP contribution in [0, 0.1) is 5.41 Å². The number of hydrogen-bond donors (Lipinski definition) is 2. The molecule has 0 spiro atoms. The third-order valence-corrected chi connectivity index (χ3v) is 4.85. The Kier molecular flexibility index (Phi) is 5.02. The van der Waals surface area contributed by atoms with Gasteiger partial charge in [0.25, 0.3) is 0 Å². The fourth-order valence-corrected chi connectivity index (χ4v) is 3.43. The molecule has 1 heterocycles. The van der Waals surface area contributed by atoms with Crippen molar-refractivity contribution in [1.82, 2.24) is 10.2 Å². The van der Waals surface area contributed by atoms with Crippen molar-refractivity contribution in [3.8, 4) is 0 Å². The monoisotopic (exact) mass is 282 g/mol. The smallest absolute Gasteiger partial charge is 0.310 e. The number of carbonyl (C=O) groups excluding carboxylic acids is 1. The summed E-state index contributed by atoms with van der Waals surface area (Å²) in [6.45, 7) is 1.99. The minimum atomic E-state index is -0.812. The average molecular weight is 282 g/mol. The molecule has 2 rings (SSSR count). The number of nitrogens with one attached hydrogen (secondary N) is 1. The predicted molar refractivity (Wildman–Crippen MR) is 76.4 cm³/mol. The summed E-state index contributed by atoms with van der Waals surface area (Å²) in [5, 5.41) is 12.5. The van der Waals surface area contributed by atoms with Gasteiger partial charge < -0.3 is 15.3 Å². The van der Waals surface area contributed by atoms with E-state index in [4.69, 9.17) is 0 Å². The van der Waals surface area contributed by atoms with Gasteiger partial charge in [-0.3, -0.25) is 9.59 Å². The van der Waals surface area contributed by atoms with Gasteiger partial charge in [-0.15, -0.1) is 0 Å². The number of carboxylic acids is 1. The van der Waals surface area contributed by atoms with Gasteiger partial charge in [-0.2, -0.15) is 0 Å². The van der Waals surface area contributed by atoms with E-state index in [2.05, 4.69) is 17.3 Å². The Labute approximate surface area is 120 Å². The molecule has 20 heavy (non-hydrogen) atoms. The van der Waals surface area contributed by atoms with E-state index < -0.39 is 11.4 Å². The van der Waals surface area contributed by atoms with E-state index in [1.54, 1.807) is 0 Å². The lowest BCUT2D eigenvalue weighted by atomic mass is 9.71. The van der Waals surface area contributed by atoms with E-state index >= 15 is 0 Å². The Bertz CT molecular complexity index is 356. The van der Waals surface area contributed by atoms with Gasteiger partial charge in [0.1, 0.15) is 0 Å². The molecule has 5 nitrogen and oxygen atoms in total. The van der Waals surface area contributed by atoms with Crippen molar-refractivity contribution in [3.05, 3.63) is 0 Å². The first kappa shape index (κ1) is 15.3. The van der Waals surface area contributed by atoms with Crippen LogP contribution in [0.15, 0.2) is 0 Å². The van der Waals surface area contributed by atoms with Crippen LogP contribution in [-0.2, 0) is 9.59 Å². The summed E-state index contributed by atoms with van der Waals surface area (Å²) in [7, 11) is 2.08. The second kappa shape index (κ2) is 6.57. The Morgan fingerprint density at radius 1 is 1.20 bits per heavy atom. The number of piperidine rings is 1. The standard InChI is InChI=1S/C15H26N2O3/c1-17-9-5-12(6-10-17)16-13(18)11-15(14(19)20)7-3-2-4-8-15/h12H,2-11H2,1H3,(H,16,18)(H,19,20). The summed E-state index contributed by atoms with van der Waals surface area (Å²) in [5.41, 5.74) is -0.812. The normalized spacial score (nSPS) is 24.2.